The quantitative estimate of drug-likeness (QED) is 0.406. The predicted molar refractivity (Wildman–Crippen MR) is 69.3 cm³/mol. The van der Waals surface area contributed by atoms with Crippen LogP contribution in [0.15, 0.2) is 0 Å². The second kappa shape index (κ2) is 10.9. The average Bonchev–Trinajstić information content (AvgIpc) is 2.30. The maximum atomic E-state index is 8.97. The van der Waals surface area contributed by atoms with Crippen LogP contribution in [-0.2, 0) is 0 Å². The van der Waals surface area contributed by atoms with Crippen molar-refractivity contribution in [1.29, 1.82) is 0 Å². The average molecular weight is 248 g/mol. The molecule has 0 bridgehead atoms. The van der Waals surface area contributed by atoms with Crippen LogP contribution in [0.4, 0.5) is 0 Å². The van der Waals surface area contributed by atoms with Gasteiger partial charge in [0.1, 0.15) is 0 Å². The number of nitrogens with zero attached hydrogens (tertiary/aromatic N) is 3. The van der Waals surface area contributed by atoms with Gasteiger partial charge in [-0.3, -0.25) is 5.43 Å². The van der Waals surface area contributed by atoms with Crippen molar-refractivity contribution in [2.45, 2.75) is 13.3 Å². The Labute approximate surface area is 105 Å². The molecular formula is C11H28N4O2. The number of aliphatic hydroxyl groups is 2. The van der Waals surface area contributed by atoms with Crippen LogP contribution in [-0.4, -0.2) is 85.3 Å². The lowest BCUT2D eigenvalue weighted by Gasteiger charge is -2.31. The van der Waals surface area contributed by atoms with Gasteiger partial charge in [-0.1, -0.05) is 6.92 Å². The Hall–Kier alpha value is -0.240. The molecular weight excluding hydrogens is 220 g/mol. The summed E-state index contributed by atoms with van der Waals surface area (Å²) in [5, 5.41) is 24.0. The van der Waals surface area contributed by atoms with Gasteiger partial charge in [0.05, 0.1) is 13.2 Å². The van der Waals surface area contributed by atoms with E-state index in [0.717, 1.165) is 26.1 Å². The van der Waals surface area contributed by atoms with Gasteiger partial charge in [0, 0.05) is 46.8 Å². The molecule has 104 valence electrons. The number of hydrazine groups is 2. The molecule has 0 aliphatic rings. The lowest BCUT2D eigenvalue weighted by molar-refractivity contribution is -0.00422. The van der Waals surface area contributed by atoms with Crippen molar-refractivity contribution in [2.75, 3.05) is 60.0 Å². The first-order valence-corrected chi connectivity index (χ1v) is 6.28. The van der Waals surface area contributed by atoms with Crippen LogP contribution >= 0.6 is 0 Å². The van der Waals surface area contributed by atoms with Crippen molar-refractivity contribution < 1.29 is 10.2 Å². The molecule has 0 saturated heterocycles. The van der Waals surface area contributed by atoms with E-state index in [4.69, 9.17) is 10.2 Å². The van der Waals surface area contributed by atoms with E-state index in [1.807, 2.05) is 24.1 Å². The summed E-state index contributed by atoms with van der Waals surface area (Å²) < 4.78 is 0. The third-order valence-electron chi connectivity index (χ3n) is 2.51. The minimum Gasteiger partial charge on any atom is -0.395 e. The Morgan fingerprint density at radius 3 is 2.06 bits per heavy atom. The number of rotatable bonds is 11. The third kappa shape index (κ3) is 8.48. The molecule has 0 aromatic heterocycles. The molecule has 0 fully saturated rings. The first kappa shape index (κ1) is 16.8. The van der Waals surface area contributed by atoms with E-state index in [2.05, 4.69) is 17.4 Å². The Kier molecular flexibility index (Phi) is 10.7. The van der Waals surface area contributed by atoms with Gasteiger partial charge >= 0.3 is 0 Å². The van der Waals surface area contributed by atoms with Gasteiger partial charge in [-0.2, -0.15) is 0 Å². The number of hydrogen-bond donors (Lipinski definition) is 3. The van der Waals surface area contributed by atoms with Crippen molar-refractivity contribution in [1.82, 2.24) is 20.5 Å². The normalized spacial score (nSPS) is 12.0. The van der Waals surface area contributed by atoms with Gasteiger partial charge < -0.3 is 10.2 Å². The molecule has 0 unspecified atom stereocenters. The van der Waals surface area contributed by atoms with Gasteiger partial charge in [0.25, 0.3) is 0 Å². The highest BCUT2D eigenvalue weighted by Crippen LogP contribution is 1.93. The summed E-state index contributed by atoms with van der Waals surface area (Å²) in [6.07, 6.45) is 1.07. The standard InChI is InChI=1S/C11H28N4O2/c1-4-5-12-14(8-10-16)6-7-15(9-11-17)13(2)3/h12,16-17H,4-11H2,1-3H3. The van der Waals surface area contributed by atoms with Gasteiger partial charge in [-0.15, -0.1) is 0 Å². The molecule has 0 amide bonds. The van der Waals surface area contributed by atoms with E-state index in [0.29, 0.717) is 13.1 Å². The van der Waals surface area contributed by atoms with E-state index in [1.54, 1.807) is 0 Å². The van der Waals surface area contributed by atoms with E-state index in [-0.39, 0.29) is 13.2 Å². The van der Waals surface area contributed by atoms with Crippen molar-refractivity contribution >= 4 is 0 Å². The molecule has 0 atom stereocenters. The number of aliphatic hydroxyl groups excluding tert-OH is 2. The van der Waals surface area contributed by atoms with Gasteiger partial charge in [0.15, 0.2) is 0 Å². The summed E-state index contributed by atoms with van der Waals surface area (Å²) >= 11 is 0. The first-order chi connectivity index (χ1) is 8.15. The van der Waals surface area contributed by atoms with E-state index >= 15 is 0 Å². The predicted octanol–water partition coefficient (Wildman–Crippen LogP) is -1.03. The van der Waals surface area contributed by atoms with Crippen molar-refractivity contribution in [3.63, 3.8) is 0 Å². The molecule has 6 heteroatoms. The Bertz CT molecular complexity index is 170. The summed E-state index contributed by atoms with van der Waals surface area (Å²) in [6.45, 7) is 6.24. The molecule has 6 nitrogen and oxygen atoms in total. The highest BCUT2D eigenvalue weighted by atomic mass is 16.3. The number of nitrogens with one attached hydrogen (secondary N) is 1. The fourth-order valence-corrected chi connectivity index (χ4v) is 1.52. The molecule has 0 rings (SSSR count). The van der Waals surface area contributed by atoms with Crippen molar-refractivity contribution in [3.05, 3.63) is 0 Å². The zero-order valence-corrected chi connectivity index (χ0v) is 11.4. The van der Waals surface area contributed by atoms with Crippen LogP contribution in [0.3, 0.4) is 0 Å². The van der Waals surface area contributed by atoms with E-state index < -0.39 is 0 Å². The molecule has 0 aromatic rings. The zero-order chi connectivity index (χ0) is 13.1. The van der Waals surface area contributed by atoms with Crippen LogP contribution in [0.1, 0.15) is 13.3 Å². The highest BCUT2D eigenvalue weighted by molar-refractivity contribution is 4.57. The van der Waals surface area contributed by atoms with Gasteiger partial charge in [0.2, 0.25) is 0 Å². The largest absolute Gasteiger partial charge is 0.395 e. The van der Waals surface area contributed by atoms with Crippen LogP contribution in [0.2, 0.25) is 0 Å². The van der Waals surface area contributed by atoms with Gasteiger partial charge in [-0.25, -0.2) is 15.0 Å². The van der Waals surface area contributed by atoms with Crippen LogP contribution in [0, 0.1) is 0 Å². The highest BCUT2D eigenvalue weighted by Gasteiger charge is 2.09. The Morgan fingerprint density at radius 1 is 0.941 bits per heavy atom. The Morgan fingerprint density at radius 2 is 1.59 bits per heavy atom. The SMILES string of the molecule is CCCNN(CCO)CCN(CCO)N(C)C. The molecule has 0 saturated carbocycles. The summed E-state index contributed by atoms with van der Waals surface area (Å²) in [5.74, 6) is 0. The lowest BCUT2D eigenvalue weighted by Crippen LogP contribution is -2.48. The van der Waals surface area contributed by atoms with E-state index in [9.17, 15) is 0 Å². The molecule has 0 spiro atoms. The second-order valence-corrected chi connectivity index (χ2v) is 4.14. The molecule has 0 radical (unpaired) electrons. The smallest absolute Gasteiger partial charge is 0.0572 e. The summed E-state index contributed by atoms with van der Waals surface area (Å²) in [6, 6.07) is 0. The summed E-state index contributed by atoms with van der Waals surface area (Å²) in [7, 11) is 3.93. The molecule has 0 aliphatic carbocycles. The fourth-order valence-electron chi connectivity index (χ4n) is 1.52. The van der Waals surface area contributed by atoms with Gasteiger partial charge in [-0.05, 0) is 6.42 Å². The molecule has 0 aliphatic heterocycles. The summed E-state index contributed by atoms with van der Waals surface area (Å²) in [5.41, 5.74) is 3.27. The maximum absolute atomic E-state index is 8.97. The fraction of sp³-hybridized carbons (Fsp3) is 1.00. The molecule has 17 heavy (non-hydrogen) atoms. The topological polar surface area (TPSA) is 62.2 Å². The molecule has 0 heterocycles. The first-order valence-electron chi connectivity index (χ1n) is 6.28. The third-order valence-corrected chi connectivity index (χ3v) is 2.51. The van der Waals surface area contributed by atoms with Crippen molar-refractivity contribution in [2.24, 2.45) is 0 Å². The Balaban J connectivity index is 3.97. The van der Waals surface area contributed by atoms with Crippen LogP contribution in [0.25, 0.3) is 0 Å². The minimum absolute atomic E-state index is 0.151. The molecule has 3 N–H and O–H groups in total. The van der Waals surface area contributed by atoms with E-state index in [1.165, 1.54) is 0 Å². The maximum Gasteiger partial charge on any atom is 0.0572 e. The monoisotopic (exact) mass is 248 g/mol. The van der Waals surface area contributed by atoms with Crippen LogP contribution in [0.5, 0.6) is 0 Å². The molecule has 0 aromatic carbocycles. The van der Waals surface area contributed by atoms with Crippen molar-refractivity contribution in [3.8, 4) is 0 Å². The zero-order valence-electron chi connectivity index (χ0n) is 11.4. The summed E-state index contributed by atoms with van der Waals surface area (Å²) in [4.78, 5) is 0. The van der Waals surface area contributed by atoms with Crippen LogP contribution < -0.4 is 5.43 Å². The second-order valence-electron chi connectivity index (χ2n) is 4.14. The minimum atomic E-state index is 0.151. The number of hydrogen-bond acceptors (Lipinski definition) is 6. The lowest BCUT2D eigenvalue weighted by atomic mass is 10.5.